The third kappa shape index (κ3) is 4.04. The maximum absolute atomic E-state index is 11.6. The van der Waals surface area contributed by atoms with E-state index < -0.39 is 17.7 Å². The van der Waals surface area contributed by atoms with Crippen molar-refractivity contribution < 1.29 is 29.3 Å². The molecule has 0 aliphatic carbocycles. The van der Waals surface area contributed by atoms with Crippen molar-refractivity contribution in [2.24, 2.45) is 0 Å². The van der Waals surface area contributed by atoms with E-state index in [-0.39, 0.29) is 22.7 Å². The summed E-state index contributed by atoms with van der Waals surface area (Å²) >= 11 is 0. The predicted molar refractivity (Wildman–Crippen MR) is 71.5 cm³/mol. The van der Waals surface area contributed by atoms with Crippen molar-refractivity contribution in [3.8, 4) is 11.5 Å². The Bertz CT molecular complexity index is 532. The molecule has 1 aromatic carbocycles. The first-order valence-corrected chi connectivity index (χ1v) is 5.78. The van der Waals surface area contributed by atoms with Crippen LogP contribution in [0.15, 0.2) is 12.1 Å². The molecule has 20 heavy (non-hydrogen) atoms. The van der Waals surface area contributed by atoms with Gasteiger partial charge in [0.2, 0.25) is 0 Å². The highest BCUT2D eigenvalue weighted by Crippen LogP contribution is 2.32. The minimum Gasteiger partial charge on any atom is -0.504 e. The Kier molecular flexibility index (Phi) is 4.44. The van der Waals surface area contributed by atoms with Crippen LogP contribution in [0.25, 0.3) is 0 Å². The molecule has 1 amide bonds. The molecule has 110 valence electrons. The summed E-state index contributed by atoms with van der Waals surface area (Å²) in [6.07, 6.45) is -0.815. The van der Waals surface area contributed by atoms with Crippen molar-refractivity contribution in [2.45, 2.75) is 26.4 Å². The molecule has 0 radical (unpaired) electrons. The van der Waals surface area contributed by atoms with E-state index >= 15 is 0 Å². The van der Waals surface area contributed by atoms with Gasteiger partial charge in [0, 0.05) is 12.1 Å². The van der Waals surface area contributed by atoms with Crippen LogP contribution in [0.3, 0.4) is 0 Å². The lowest BCUT2D eigenvalue weighted by molar-refractivity contribution is 0.0636. The van der Waals surface area contributed by atoms with Gasteiger partial charge in [0.05, 0.1) is 18.4 Å². The Morgan fingerprint density at radius 2 is 1.85 bits per heavy atom. The molecule has 0 atom stereocenters. The fraction of sp³-hybridized carbons (Fsp3) is 0.385. The first kappa shape index (κ1) is 15.6. The van der Waals surface area contributed by atoms with Crippen LogP contribution >= 0.6 is 0 Å². The number of methoxy groups -OCH3 is 1. The van der Waals surface area contributed by atoms with Crippen molar-refractivity contribution in [3.05, 3.63) is 17.7 Å². The first-order chi connectivity index (χ1) is 9.14. The van der Waals surface area contributed by atoms with Gasteiger partial charge in [-0.3, -0.25) is 5.32 Å². The average Bonchev–Trinajstić information content (AvgIpc) is 2.25. The predicted octanol–water partition coefficient (Wildman–Crippen LogP) is 2.45. The highest BCUT2D eigenvalue weighted by Gasteiger charge is 2.20. The lowest BCUT2D eigenvalue weighted by Crippen LogP contribution is -2.27. The van der Waals surface area contributed by atoms with Crippen LogP contribution in [0, 0.1) is 0 Å². The van der Waals surface area contributed by atoms with E-state index in [0.717, 1.165) is 12.1 Å². The van der Waals surface area contributed by atoms with E-state index in [2.05, 4.69) is 5.32 Å². The zero-order chi connectivity index (χ0) is 15.5. The number of benzene rings is 1. The fourth-order valence-electron chi connectivity index (χ4n) is 1.43. The molecule has 0 saturated carbocycles. The number of aromatic hydroxyl groups is 1. The van der Waals surface area contributed by atoms with E-state index in [0.29, 0.717) is 0 Å². The zero-order valence-electron chi connectivity index (χ0n) is 11.7. The molecule has 1 rings (SSSR count). The minimum absolute atomic E-state index is 0.00265. The molecule has 7 heteroatoms. The second-order valence-corrected chi connectivity index (χ2v) is 5.00. The summed E-state index contributed by atoms with van der Waals surface area (Å²) in [5.74, 6) is -1.56. The van der Waals surface area contributed by atoms with E-state index in [1.54, 1.807) is 20.8 Å². The molecule has 0 aliphatic rings. The molecule has 0 aliphatic heterocycles. The van der Waals surface area contributed by atoms with E-state index in [9.17, 15) is 14.7 Å². The average molecular weight is 283 g/mol. The minimum atomic E-state index is -1.27. The number of hydrogen-bond donors (Lipinski definition) is 3. The van der Waals surface area contributed by atoms with Crippen LogP contribution in [0.1, 0.15) is 31.1 Å². The Labute approximate surface area is 116 Å². The number of hydrogen-bond acceptors (Lipinski definition) is 5. The molecular formula is C13H17NO6. The summed E-state index contributed by atoms with van der Waals surface area (Å²) in [5.41, 5.74) is -1.02. The van der Waals surface area contributed by atoms with Gasteiger partial charge in [0.1, 0.15) is 5.60 Å². The van der Waals surface area contributed by atoms with Gasteiger partial charge < -0.3 is 19.7 Å². The number of phenols is 1. The van der Waals surface area contributed by atoms with Gasteiger partial charge in [-0.2, -0.15) is 0 Å². The number of carboxylic acids is 1. The van der Waals surface area contributed by atoms with Crippen LogP contribution in [0.5, 0.6) is 11.5 Å². The summed E-state index contributed by atoms with van der Waals surface area (Å²) in [6, 6.07) is 2.20. The van der Waals surface area contributed by atoms with E-state index in [4.69, 9.17) is 14.6 Å². The van der Waals surface area contributed by atoms with Gasteiger partial charge in [-0.15, -0.1) is 0 Å². The molecule has 3 N–H and O–H groups in total. The number of amides is 1. The second-order valence-electron chi connectivity index (χ2n) is 5.00. The highest BCUT2D eigenvalue weighted by molar-refractivity contribution is 5.99. The molecule has 0 unspecified atom stereocenters. The summed E-state index contributed by atoms with van der Waals surface area (Å²) in [7, 11) is 1.29. The molecule has 0 aromatic heterocycles. The van der Waals surface area contributed by atoms with Crippen LogP contribution < -0.4 is 10.1 Å². The number of ether oxygens (including phenoxy) is 2. The SMILES string of the molecule is COc1cc(C(=O)O)c(NC(=O)OC(C)(C)C)cc1O. The largest absolute Gasteiger partial charge is 0.504 e. The number of carbonyl (C=O) groups is 2. The summed E-state index contributed by atoms with van der Waals surface area (Å²) < 4.78 is 9.84. The van der Waals surface area contributed by atoms with Crippen LogP contribution in [0.4, 0.5) is 10.5 Å². The standard InChI is InChI=1S/C13H17NO6/c1-13(2,3)20-12(18)14-8-6-9(15)10(19-4)5-7(8)11(16)17/h5-6,15H,1-4H3,(H,14,18)(H,16,17). The van der Waals surface area contributed by atoms with E-state index in [1.165, 1.54) is 7.11 Å². The maximum atomic E-state index is 11.6. The summed E-state index contributed by atoms with van der Waals surface area (Å²) in [5, 5.41) is 21.0. The van der Waals surface area contributed by atoms with Crippen molar-refractivity contribution in [2.75, 3.05) is 12.4 Å². The number of carbonyl (C=O) groups excluding carboxylic acids is 1. The van der Waals surface area contributed by atoms with E-state index in [1.807, 2.05) is 0 Å². The molecule has 0 heterocycles. The third-order valence-corrected chi connectivity index (χ3v) is 2.19. The Morgan fingerprint density at radius 3 is 2.30 bits per heavy atom. The number of nitrogens with one attached hydrogen (secondary N) is 1. The van der Waals surface area contributed by atoms with Crippen LogP contribution in [-0.4, -0.2) is 35.0 Å². The molecule has 0 saturated heterocycles. The van der Waals surface area contributed by atoms with Gasteiger partial charge >= 0.3 is 12.1 Å². The highest BCUT2D eigenvalue weighted by atomic mass is 16.6. The quantitative estimate of drug-likeness (QED) is 0.786. The number of carboxylic acid groups (broad SMARTS) is 1. The van der Waals surface area contributed by atoms with Gasteiger partial charge in [0.15, 0.2) is 11.5 Å². The summed E-state index contributed by atoms with van der Waals surface area (Å²) in [4.78, 5) is 22.8. The Hall–Kier alpha value is -2.44. The zero-order valence-corrected chi connectivity index (χ0v) is 11.7. The molecule has 7 nitrogen and oxygen atoms in total. The van der Waals surface area contributed by atoms with Crippen molar-refractivity contribution in [3.63, 3.8) is 0 Å². The van der Waals surface area contributed by atoms with Gasteiger partial charge in [-0.05, 0) is 20.8 Å². The van der Waals surface area contributed by atoms with Gasteiger partial charge in [0.25, 0.3) is 0 Å². The summed E-state index contributed by atoms with van der Waals surface area (Å²) in [6.45, 7) is 5.03. The molecule has 1 aromatic rings. The molecular weight excluding hydrogens is 266 g/mol. The molecule has 0 fully saturated rings. The second kappa shape index (κ2) is 5.68. The fourth-order valence-corrected chi connectivity index (χ4v) is 1.43. The van der Waals surface area contributed by atoms with Crippen molar-refractivity contribution >= 4 is 17.7 Å². The smallest absolute Gasteiger partial charge is 0.412 e. The van der Waals surface area contributed by atoms with Crippen LogP contribution in [0.2, 0.25) is 0 Å². The number of anilines is 1. The number of aromatic carboxylic acids is 1. The third-order valence-electron chi connectivity index (χ3n) is 2.19. The van der Waals surface area contributed by atoms with Crippen molar-refractivity contribution in [1.29, 1.82) is 0 Å². The molecule has 0 spiro atoms. The number of phenolic OH excluding ortho intramolecular Hbond substituents is 1. The first-order valence-electron chi connectivity index (χ1n) is 5.78. The van der Waals surface area contributed by atoms with Gasteiger partial charge in [-0.1, -0.05) is 0 Å². The maximum Gasteiger partial charge on any atom is 0.412 e. The normalized spacial score (nSPS) is 10.8. The Balaban J connectivity index is 3.08. The Morgan fingerprint density at radius 1 is 1.25 bits per heavy atom. The lowest BCUT2D eigenvalue weighted by atomic mass is 10.1. The number of rotatable bonds is 3. The lowest BCUT2D eigenvalue weighted by Gasteiger charge is -2.20. The van der Waals surface area contributed by atoms with Crippen molar-refractivity contribution in [1.82, 2.24) is 0 Å². The van der Waals surface area contributed by atoms with Gasteiger partial charge in [-0.25, -0.2) is 9.59 Å². The topological polar surface area (TPSA) is 105 Å². The van der Waals surface area contributed by atoms with Crippen LogP contribution in [-0.2, 0) is 4.74 Å². The monoisotopic (exact) mass is 283 g/mol. The molecule has 0 bridgehead atoms.